The summed E-state index contributed by atoms with van der Waals surface area (Å²) in [5.74, 6) is 0.231. The van der Waals surface area contributed by atoms with Gasteiger partial charge in [-0.25, -0.2) is 0 Å². The van der Waals surface area contributed by atoms with Crippen LogP contribution < -0.4 is 5.32 Å². The number of aliphatic imine (C=N–C) groups is 1. The monoisotopic (exact) mass is 337 g/mol. The standard InChI is InChI=1S/C20H39N3O/c1-3-4-5-6-7-8-9-10-11-12-13-21-14-16-23-17-15-22-19(2)18-20(23)24/h21H,3-18H2,1-2H3. The minimum atomic E-state index is 0.231. The second kappa shape index (κ2) is 14.4. The smallest absolute Gasteiger partial charge is 0.228 e. The fraction of sp³-hybridized carbons (Fsp3) is 0.900. The summed E-state index contributed by atoms with van der Waals surface area (Å²) in [6.45, 7) is 8.56. The molecule has 1 heterocycles. The predicted octanol–water partition coefficient (Wildman–Crippen LogP) is 4.19. The molecule has 1 rings (SSSR count). The van der Waals surface area contributed by atoms with Crippen molar-refractivity contribution in [3.05, 3.63) is 0 Å². The van der Waals surface area contributed by atoms with E-state index in [1.54, 1.807) is 0 Å². The van der Waals surface area contributed by atoms with E-state index in [0.29, 0.717) is 6.42 Å². The van der Waals surface area contributed by atoms with Gasteiger partial charge in [-0.2, -0.15) is 0 Å². The maximum absolute atomic E-state index is 12.0. The highest BCUT2D eigenvalue weighted by Gasteiger charge is 2.16. The van der Waals surface area contributed by atoms with Crippen LogP contribution in [0.1, 0.15) is 84.5 Å². The average molecular weight is 338 g/mol. The molecule has 0 aromatic carbocycles. The lowest BCUT2D eigenvalue weighted by atomic mass is 10.1. The number of rotatable bonds is 14. The molecule has 0 saturated heterocycles. The normalized spacial score (nSPS) is 15.5. The van der Waals surface area contributed by atoms with E-state index < -0.39 is 0 Å². The Balaban J connectivity index is 1.85. The zero-order valence-electron chi connectivity index (χ0n) is 16.1. The third-order valence-corrected chi connectivity index (χ3v) is 4.78. The highest BCUT2D eigenvalue weighted by atomic mass is 16.2. The third-order valence-electron chi connectivity index (χ3n) is 4.78. The summed E-state index contributed by atoms with van der Waals surface area (Å²) in [6, 6.07) is 0. The maximum Gasteiger partial charge on any atom is 0.228 e. The molecular weight excluding hydrogens is 298 g/mol. The summed E-state index contributed by atoms with van der Waals surface area (Å²) in [5, 5.41) is 3.48. The Bertz CT molecular complexity index is 355. The van der Waals surface area contributed by atoms with Gasteiger partial charge in [-0.3, -0.25) is 9.79 Å². The minimum absolute atomic E-state index is 0.231. The predicted molar refractivity (Wildman–Crippen MR) is 104 cm³/mol. The van der Waals surface area contributed by atoms with Gasteiger partial charge >= 0.3 is 0 Å². The van der Waals surface area contributed by atoms with Crippen LogP contribution in [0, 0.1) is 0 Å². The van der Waals surface area contributed by atoms with Crippen LogP contribution in [0.4, 0.5) is 0 Å². The molecule has 0 spiro atoms. The number of carbonyl (C=O) groups is 1. The minimum Gasteiger partial charge on any atom is -0.339 e. The second-order valence-corrected chi connectivity index (χ2v) is 7.11. The van der Waals surface area contributed by atoms with Crippen LogP contribution in [0.25, 0.3) is 0 Å². The van der Waals surface area contributed by atoms with Crippen LogP contribution >= 0.6 is 0 Å². The van der Waals surface area contributed by atoms with Crippen molar-refractivity contribution in [2.45, 2.75) is 84.5 Å². The van der Waals surface area contributed by atoms with E-state index in [0.717, 1.165) is 38.4 Å². The first-order valence-electron chi connectivity index (χ1n) is 10.2. The first-order chi connectivity index (χ1) is 11.7. The Morgan fingerprint density at radius 1 is 0.958 bits per heavy atom. The summed E-state index contributed by atoms with van der Waals surface area (Å²) in [7, 11) is 0. The van der Waals surface area contributed by atoms with Crippen LogP contribution in [0.5, 0.6) is 0 Å². The van der Waals surface area contributed by atoms with Gasteiger partial charge in [-0.15, -0.1) is 0 Å². The molecule has 0 unspecified atom stereocenters. The lowest BCUT2D eigenvalue weighted by Gasteiger charge is -2.20. The summed E-state index contributed by atoms with van der Waals surface area (Å²) in [4.78, 5) is 18.3. The Hall–Kier alpha value is -0.900. The molecular formula is C20H39N3O. The van der Waals surface area contributed by atoms with Crippen molar-refractivity contribution < 1.29 is 4.79 Å². The number of amides is 1. The van der Waals surface area contributed by atoms with Crippen molar-refractivity contribution in [3.8, 4) is 0 Å². The number of hydrogen-bond donors (Lipinski definition) is 1. The zero-order chi connectivity index (χ0) is 17.5. The largest absolute Gasteiger partial charge is 0.339 e. The van der Waals surface area contributed by atoms with Gasteiger partial charge in [-0.05, 0) is 19.9 Å². The van der Waals surface area contributed by atoms with Gasteiger partial charge in [0.05, 0.1) is 13.0 Å². The molecule has 1 aliphatic heterocycles. The van der Waals surface area contributed by atoms with E-state index in [2.05, 4.69) is 17.2 Å². The Morgan fingerprint density at radius 2 is 1.58 bits per heavy atom. The summed E-state index contributed by atoms with van der Waals surface area (Å²) in [5.41, 5.74) is 0.973. The first kappa shape index (κ1) is 21.1. The number of nitrogens with zero attached hydrogens (tertiary/aromatic N) is 2. The Morgan fingerprint density at radius 3 is 2.25 bits per heavy atom. The summed E-state index contributed by atoms with van der Waals surface area (Å²) < 4.78 is 0. The molecule has 0 aromatic rings. The third kappa shape index (κ3) is 10.8. The molecule has 0 atom stereocenters. The molecule has 24 heavy (non-hydrogen) atoms. The number of unbranched alkanes of at least 4 members (excludes halogenated alkanes) is 9. The molecule has 0 bridgehead atoms. The molecule has 140 valence electrons. The van der Waals surface area contributed by atoms with Gasteiger partial charge in [0, 0.05) is 25.3 Å². The van der Waals surface area contributed by atoms with Crippen molar-refractivity contribution in [1.29, 1.82) is 0 Å². The Kier molecular flexibility index (Phi) is 12.7. The molecule has 1 amide bonds. The quantitative estimate of drug-likeness (QED) is 0.483. The second-order valence-electron chi connectivity index (χ2n) is 7.11. The lowest BCUT2D eigenvalue weighted by molar-refractivity contribution is -0.129. The zero-order valence-corrected chi connectivity index (χ0v) is 16.1. The fourth-order valence-electron chi connectivity index (χ4n) is 3.19. The van der Waals surface area contributed by atoms with Gasteiger partial charge in [0.15, 0.2) is 0 Å². The van der Waals surface area contributed by atoms with Crippen molar-refractivity contribution in [2.24, 2.45) is 4.99 Å². The van der Waals surface area contributed by atoms with Gasteiger partial charge in [0.2, 0.25) is 5.91 Å². The molecule has 0 aliphatic carbocycles. The highest BCUT2D eigenvalue weighted by Crippen LogP contribution is 2.10. The van der Waals surface area contributed by atoms with Crippen LogP contribution in [0.3, 0.4) is 0 Å². The number of hydrogen-bond acceptors (Lipinski definition) is 3. The SMILES string of the molecule is CCCCCCCCCCCCNCCN1CCN=C(C)CC1=O. The topological polar surface area (TPSA) is 44.7 Å². The molecule has 0 fully saturated rings. The summed E-state index contributed by atoms with van der Waals surface area (Å²) >= 11 is 0. The van der Waals surface area contributed by atoms with E-state index in [1.807, 2.05) is 11.8 Å². The van der Waals surface area contributed by atoms with Crippen LogP contribution in [-0.4, -0.2) is 49.2 Å². The van der Waals surface area contributed by atoms with Crippen molar-refractivity contribution in [3.63, 3.8) is 0 Å². The number of carbonyl (C=O) groups excluding carboxylic acids is 1. The number of nitrogens with one attached hydrogen (secondary N) is 1. The van der Waals surface area contributed by atoms with E-state index >= 15 is 0 Å². The molecule has 4 heteroatoms. The van der Waals surface area contributed by atoms with Crippen LogP contribution in [-0.2, 0) is 4.79 Å². The molecule has 0 saturated carbocycles. The lowest BCUT2D eigenvalue weighted by Crippen LogP contribution is -2.38. The Labute approximate surface area is 149 Å². The van der Waals surface area contributed by atoms with Crippen LogP contribution in [0.15, 0.2) is 4.99 Å². The molecule has 1 aliphatic rings. The van der Waals surface area contributed by atoms with Gasteiger partial charge in [-0.1, -0.05) is 64.7 Å². The average Bonchev–Trinajstić information content (AvgIpc) is 2.72. The van der Waals surface area contributed by atoms with E-state index in [1.165, 1.54) is 64.2 Å². The van der Waals surface area contributed by atoms with Gasteiger partial charge in [0.1, 0.15) is 0 Å². The van der Waals surface area contributed by atoms with Gasteiger partial charge in [0.25, 0.3) is 0 Å². The molecule has 1 N–H and O–H groups in total. The molecule has 4 nitrogen and oxygen atoms in total. The van der Waals surface area contributed by atoms with Crippen molar-refractivity contribution in [2.75, 3.05) is 32.7 Å². The maximum atomic E-state index is 12.0. The summed E-state index contributed by atoms with van der Waals surface area (Å²) in [6.07, 6.45) is 14.3. The van der Waals surface area contributed by atoms with Crippen molar-refractivity contribution in [1.82, 2.24) is 10.2 Å². The molecule has 0 radical (unpaired) electrons. The van der Waals surface area contributed by atoms with Crippen molar-refractivity contribution >= 4 is 11.6 Å². The van der Waals surface area contributed by atoms with E-state index in [4.69, 9.17) is 0 Å². The van der Waals surface area contributed by atoms with Gasteiger partial charge < -0.3 is 10.2 Å². The van der Waals surface area contributed by atoms with E-state index in [-0.39, 0.29) is 5.91 Å². The van der Waals surface area contributed by atoms with Crippen LogP contribution in [0.2, 0.25) is 0 Å². The first-order valence-corrected chi connectivity index (χ1v) is 10.2. The van der Waals surface area contributed by atoms with E-state index in [9.17, 15) is 4.79 Å². The highest BCUT2D eigenvalue weighted by molar-refractivity contribution is 6.00. The fourth-order valence-corrected chi connectivity index (χ4v) is 3.19. The molecule has 0 aromatic heterocycles.